The number of hydrogen-bond acceptors (Lipinski definition) is 5. The first-order chi connectivity index (χ1) is 12.4. The van der Waals surface area contributed by atoms with Crippen molar-refractivity contribution in [3.05, 3.63) is 34.5 Å². The smallest absolute Gasteiger partial charge is 0.436 e. The number of aromatic amines is 1. The molecule has 1 aliphatic rings. The van der Waals surface area contributed by atoms with Crippen molar-refractivity contribution in [2.45, 2.75) is 37.9 Å². The highest BCUT2D eigenvalue weighted by atomic mass is 19.4. The number of nitrogens with zero attached hydrogens (tertiary/aromatic N) is 4. The van der Waals surface area contributed by atoms with E-state index in [1.807, 2.05) is 0 Å². The summed E-state index contributed by atoms with van der Waals surface area (Å²) in [5.41, 5.74) is -2.14. The molecule has 1 fully saturated rings. The van der Waals surface area contributed by atoms with Gasteiger partial charge in [0.2, 0.25) is 0 Å². The van der Waals surface area contributed by atoms with E-state index < -0.39 is 22.8 Å². The second-order valence-corrected chi connectivity index (χ2v) is 6.24. The number of halogens is 3. The fourth-order valence-electron chi connectivity index (χ4n) is 3.36. The summed E-state index contributed by atoms with van der Waals surface area (Å²) in [6.07, 6.45) is 0.903. The summed E-state index contributed by atoms with van der Waals surface area (Å²) in [6, 6.07) is 1.18. The number of hydrogen-bond donors (Lipinski definition) is 2. The standard InChI is InChI=1S/C16H14F3N5O2/c17-16(18,19)12-11-14(24(23-12)8-3-1-2-4-8)21-13(22-15(11)26)9-5-6-20-7-10(9)25/h5-8,25H,1-4H2,(H,21,22,26). The highest BCUT2D eigenvalue weighted by molar-refractivity contribution is 5.80. The minimum atomic E-state index is -4.77. The third kappa shape index (κ3) is 2.61. The van der Waals surface area contributed by atoms with Crippen LogP contribution >= 0.6 is 0 Å². The lowest BCUT2D eigenvalue weighted by molar-refractivity contribution is -0.140. The summed E-state index contributed by atoms with van der Waals surface area (Å²) in [4.78, 5) is 22.7. The lowest BCUT2D eigenvalue weighted by Crippen LogP contribution is -2.14. The zero-order valence-corrected chi connectivity index (χ0v) is 13.4. The molecule has 0 unspecified atom stereocenters. The monoisotopic (exact) mass is 365 g/mol. The van der Waals surface area contributed by atoms with E-state index >= 15 is 0 Å². The SMILES string of the molecule is O=c1[nH]c(-c2ccncc2O)nc2c1c(C(F)(F)F)nn2C1CCCC1. The van der Waals surface area contributed by atoms with E-state index in [0.717, 1.165) is 19.0 Å². The summed E-state index contributed by atoms with van der Waals surface area (Å²) in [5.74, 6) is -0.270. The van der Waals surface area contributed by atoms with Gasteiger partial charge in [0.25, 0.3) is 5.56 Å². The van der Waals surface area contributed by atoms with Crippen molar-refractivity contribution in [1.82, 2.24) is 24.7 Å². The molecule has 3 aromatic rings. The van der Waals surface area contributed by atoms with E-state index in [4.69, 9.17) is 0 Å². The van der Waals surface area contributed by atoms with Gasteiger partial charge in [-0.25, -0.2) is 9.67 Å². The summed E-state index contributed by atoms with van der Waals surface area (Å²) in [7, 11) is 0. The largest absolute Gasteiger partial charge is 0.506 e. The van der Waals surface area contributed by atoms with Crippen LogP contribution in [0.2, 0.25) is 0 Å². The van der Waals surface area contributed by atoms with E-state index in [1.165, 1.54) is 16.9 Å². The maximum atomic E-state index is 13.4. The molecule has 1 aliphatic carbocycles. The van der Waals surface area contributed by atoms with Crippen LogP contribution in [0.25, 0.3) is 22.4 Å². The number of pyridine rings is 1. The van der Waals surface area contributed by atoms with E-state index in [9.17, 15) is 23.1 Å². The molecule has 0 spiro atoms. The van der Waals surface area contributed by atoms with Crippen molar-refractivity contribution in [2.75, 3.05) is 0 Å². The molecule has 0 saturated heterocycles. The quantitative estimate of drug-likeness (QED) is 0.728. The van der Waals surface area contributed by atoms with Crippen molar-refractivity contribution in [1.29, 1.82) is 0 Å². The van der Waals surface area contributed by atoms with E-state index in [1.54, 1.807) is 0 Å². The molecular formula is C16H14F3N5O2. The third-order valence-electron chi connectivity index (χ3n) is 4.56. The molecule has 0 radical (unpaired) electrons. The average Bonchev–Trinajstić information content (AvgIpc) is 3.21. The number of fused-ring (bicyclic) bond motifs is 1. The predicted molar refractivity (Wildman–Crippen MR) is 85.6 cm³/mol. The first-order valence-electron chi connectivity index (χ1n) is 8.09. The summed E-state index contributed by atoms with van der Waals surface area (Å²) < 4.78 is 41.4. The lowest BCUT2D eigenvalue weighted by Gasteiger charge is -2.11. The van der Waals surface area contributed by atoms with Crippen LogP contribution in [0.1, 0.15) is 37.4 Å². The Labute approximate surface area is 144 Å². The zero-order valence-electron chi connectivity index (χ0n) is 13.4. The van der Waals surface area contributed by atoms with Gasteiger partial charge in [-0.3, -0.25) is 9.78 Å². The second-order valence-electron chi connectivity index (χ2n) is 6.24. The molecule has 4 rings (SSSR count). The molecule has 0 amide bonds. The Morgan fingerprint density at radius 1 is 1.27 bits per heavy atom. The van der Waals surface area contributed by atoms with Crippen LogP contribution in [0, 0.1) is 0 Å². The molecule has 2 N–H and O–H groups in total. The molecule has 3 aromatic heterocycles. The Morgan fingerprint density at radius 2 is 2.00 bits per heavy atom. The molecule has 0 atom stereocenters. The number of aromatic hydroxyl groups is 1. The predicted octanol–water partition coefficient (Wildman–Crippen LogP) is 3.02. The Bertz CT molecular complexity index is 1030. The minimum Gasteiger partial charge on any atom is -0.506 e. The maximum Gasteiger partial charge on any atom is 0.436 e. The van der Waals surface area contributed by atoms with Gasteiger partial charge in [0, 0.05) is 6.20 Å². The molecule has 3 heterocycles. The normalized spacial score (nSPS) is 15.8. The third-order valence-corrected chi connectivity index (χ3v) is 4.56. The summed E-state index contributed by atoms with van der Waals surface area (Å²) in [5, 5.41) is 13.0. The van der Waals surface area contributed by atoms with Crippen LogP contribution in [0.5, 0.6) is 5.75 Å². The number of alkyl halides is 3. The molecule has 0 aromatic carbocycles. The van der Waals surface area contributed by atoms with Gasteiger partial charge in [0.1, 0.15) is 17.0 Å². The molecule has 0 aliphatic heterocycles. The van der Waals surface area contributed by atoms with Gasteiger partial charge >= 0.3 is 6.18 Å². The topological polar surface area (TPSA) is 96.7 Å². The van der Waals surface area contributed by atoms with Gasteiger partial charge in [0.05, 0.1) is 17.8 Å². The van der Waals surface area contributed by atoms with E-state index in [0.29, 0.717) is 12.8 Å². The van der Waals surface area contributed by atoms with E-state index in [-0.39, 0.29) is 28.8 Å². The van der Waals surface area contributed by atoms with Crippen molar-refractivity contribution < 1.29 is 18.3 Å². The van der Waals surface area contributed by atoms with Crippen molar-refractivity contribution in [2.24, 2.45) is 0 Å². The van der Waals surface area contributed by atoms with Crippen LogP contribution in [0.15, 0.2) is 23.3 Å². The van der Waals surface area contributed by atoms with Crippen LogP contribution in [0.3, 0.4) is 0 Å². The number of aromatic nitrogens is 5. The van der Waals surface area contributed by atoms with Gasteiger partial charge in [-0.1, -0.05) is 12.8 Å². The highest BCUT2D eigenvalue weighted by Crippen LogP contribution is 2.37. The lowest BCUT2D eigenvalue weighted by atomic mass is 10.2. The Morgan fingerprint density at radius 3 is 2.65 bits per heavy atom. The van der Waals surface area contributed by atoms with Gasteiger partial charge in [-0.2, -0.15) is 18.3 Å². The van der Waals surface area contributed by atoms with Gasteiger partial charge < -0.3 is 10.1 Å². The van der Waals surface area contributed by atoms with Crippen LogP contribution in [-0.2, 0) is 6.18 Å². The van der Waals surface area contributed by atoms with Crippen LogP contribution < -0.4 is 5.56 Å². The fourth-order valence-corrected chi connectivity index (χ4v) is 3.36. The minimum absolute atomic E-state index is 0.0322. The first-order valence-corrected chi connectivity index (χ1v) is 8.09. The maximum absolute atomic E-state index is 13.4. The molecule has 136 valence electrons. The van der Waals surface area contributed by atoms with E-state index in [2.05, 4.69) is 20.1 Å². The molecule has 7 nitrogen and oxygen atoms in total. The molecule has 1 saturated carbocycles. The van der Waals surface area contributed by atoms with Crippen molar-refractivity contribution in [3.63, 3.8) is 0 Å². The molecular weight excluding hydrogens is 351 g/mol. The van der Waals surface area contributed by atoms with Crippen LogP contribution in [0.4, 0.5) is 13.2 Å². The number of rotatable bonds is 2. The fraction of sp³-hybridized carbons (Fsp3) is 0.375. The Hall–Kier alpha value is -2.91. The molecule has 26 heavy (non-hydrogen) atoms. The van der Waals surface area contributed by atoms with Crippen LogP contribution in [-0.4, -0.2) is 29.8 Å². The Kier molecular flexibility index (Phi) is 3.70. The van der Waals surface area contributed by atoms with Crippen molar-refractivity contribution >= 4 is 11.0 Å². The molecule has 0 bridgehead atoms. The number of nitrogens with one attached hydrogen (secondary N) is 1. The number of H-pyrrole nitrogens is 1. The van der Waals surface area contributed by atoms with Gasteiger partial charge in [-0.15, -0.1) is 0 Å². The highest BCUT2D eigenvalue weighted by Gasteiger charge is 2.40. The first kappa shape index (κ1) is 16.6. The Balaban J connectivity index is 2.02. The van der Waals surface area contributed by atoms with Gasteiger partial charge in [-0.05, 0) is 18.9 Å². The van der Waals surface area contributed by atoms with Crippen molar-refractivity contribution in [3.8, 4) is 17.1 Å². The average molecular weight is 365 g/mol. The zero-order chi connectivity index (χ0) is 18.5. The summed E-state index contributed by atoms with van der Waals surface area (Å²) >= 11 is 0. The second kappa shape index (κ2) is 5.82. The van der Waals surface area contributed by atoms with Gasteiger partial charge in [0.15, 0.2) is 11.3 Å². The summed E-state index contributed by atoms with van der Waals surface area (Å²) in [6.45, 7) is 0. The molecule has 10 heteroatoms.